The van der Waals surface area contributed by atoms with Crippen molar-refractivity contribution < 1.29 is 32.2 Å². The number of ether oxygens (including phenoxy) is 3. The molecule has 0 N–H and O–H groups in total. The molecule has 134 valence electrons. The molecule has 1 aliphatic rings. The molecule has 1 aromatic rings. The molecule has 1 saturated heterocycles. The van der Waals surface area contributed by atoms with Crippen LogP contribution in [0.3, 0.4) is 0 Å². The molecule has 0 aliphatic carbocycles. The number of benzene rings is 1. The van der Waals surface area contributed by atoms with Crippen LogP contribution in [-0.2, 0) is 4.74 Å². The monoisotopic (exact) mass is 347 g/mol. The predicted octanol–water partition coefficient (Wildman–Crippen LogP) is 2.89. The fraction of sp³-hybridized carbons (Fsp3) is 0.562. The van der Waals surface area contributed by atoms with Gasteiger partial charge in [0, 0.05) is 25.3 Å². The van der Waals surface area contributed by atoms with Gasteiger partial charge in [-0.2, -0.15) is 13.2 Å². The first kappa shape index (κ1) is 18.4. The van der Waals surface area contributed by atoms with Crippen molar-refractivity contribution in [2.24, 2.45) is 0 Å². The highest BCUT2D eigenvalue weighted by Gasteiger charge is 2.38. The lowest BCUT2D eigenvalue weighted by Gasteiger charge is -2.35. The number of amides is 1. The van der Waals surface area contributed by atoms with E-state index in [0.29, 0.717) is 31.8 Å². The molecular formula is C16H20F3NO4. The van der Waals surface area contributed by atoms with Crippen molar-refractivity contribution in [3.8, 4) is 11.5 Å². The largest absolute Gasteiger partial charge is 0.497 e. The number of hydrogen-bond donors (Lipinski definition) is 0. The van der Waals surface area contributed by atoms with Crippen molar-refractivity contribution >= 4 is 5.91 Å². The first-order valence-corrected chi connectivity index (χ1v) is 7.53. The highest BCUT2D eigenvalue weighted by molar-refractivity contribution is 5.97. The number of nitrogens with zero attached hydrogens (tertiary/aromatic N) is 1. The Labute approximate surface area is 138 Å². The first-order valence-electron chi connectivity index (χ1n) is 7.53. The van der Waals surface area contributed by atoms with Crippen LogP contribution in [0.5, 0.6) is 11.5 Å². The maximum absolute atomic E-state index is 13.0. The summed E-state index contributed by atoms with van der Waals surface area (Å²) in [6, 6.07) is 3.90. The number of methoxy groups -OCH3 is 2. The number of carbonyl (C=O) groups excluding carboxylic acids is 1. The second-order valence-electron chi connectivity index (χ2n) is 5.46. The number of rotatable bonds is 5. The van der Waals surface area contributed by atoms with Crippen molar-refractivity contribution in [1.29, 1.82) is 0 Å². The molecule has 1 amide bonds. The summed E-state index contributed by atoms with van der Waals surface area (Å²) in [5.41, 5.74) is 0.0778. The van der Waals surface area contributed by atoms with Gasteiger partial charge in [0.15, 0.2) is 0 Å². The zero-order valence-corrected chi connectivity index (χ0v) is 13.6. The summed E-state index contributed by atoms with van der Waals surface area (Å²) >= 11 is 0. The van der Waals surface area contributed by atoms with Gasteiger partial charge in [0.1, 0.15) is 18.0 Å². The lowest BCUT2D eigenvalue weighted by molar-refractivity contribution is -0.147. The van der Waals surface area contributed by atoms with Crippen LogP contribution in [0, 0.1) is 0 Å². The van der Waals surface area contributed by atoms with Crippen molar-refractivity contribution in [2.45, 2.75) is 25.1 Å². The van der Waals surface area contributed by atoms with Crippen molar-refractivity contribution in [3.05, 3.63) is 23.8 Å². The fourth-order valence-electron chi connectivity index (χ4n) is 2.69. The second-order valence-corrected chi connectivity index (χ2v) is 5.46. The molecule has 1 heterocycles. The second kappa shape index (κ2) is 7.74. The number of carbonyl (C=O) groups is 1. The molecule has 8 heteroatoms. The van der Waals surface area contributed by atoms with Gasteiger partial charge < -0.3 is 19.1 Å². The van der Waals surface area contributed by atoms with E-state index in [-0.39, 0.29) is 11.3 Å². The van der Waals surface area contributed by atoms with E-state index in [1.807, 2.05) is 0 Å². The third-order valence-electron chi connectivity index (χ3n) is 3.88. The third-order valence-corrected chi connectivity index (χ3v) is 3.88. The normalized spacial score (nSPS) is 15.9. The summed E-state index contributed by atoms with van der Waals surface area (Å²) in [6.45, 7) is -0.621. The van der Waals surface area contributed by atoms with Gasteiger partial charge in [-0.05, 0) is 25.0 Å². The molecule has 0 unspecified atom stereocenters. The molecule has 1 aromatic carbocycles. The molecule has 0 atom stereocenters. The Kier molecular flexibility index (Phi) is 5.93. The summed E-state index contributed by atoms with van der Waals surface area (Å²) in [5.74, 6) is -0.0749. The SMILES string of the molecule is COc1ccc(C(=O)N(CC(F)(F)F)C2CCOCC2)c(OC)c1. The molecule has 0 bridgehead atoms. The lowest BCUT2D eigenvalue weighted by Crippen LogP contribution is -2.48. The lowest BCUT2D eigenvalue weighted by atomic mass is 10.0. The molecule has 0 aromatic heterocycles. The van der Waals surface area contributed by atoms with E-state index < -0.39 is 24.7 Å². The molecule has 1 fully saturated rings. The Balaban J connectivity index is 2.32. The Hall–Kier alpha value is -1.96. The van der Waals surface area contributed by atoms with Gasteiger partial charge >= 0.3 is 6.18 Å². The summed E-state index contributed by atoms with van der Waals surface area (Å²) in [5, 5.41) is 0. The Bertz CT molecular complexity index is 571. The average Bonchev–Trinajstić information content (AvgIpc) is 2.58. The smallest absolute Gasteiger partial charge is 0.406 e. The molecule has 1 aliphatic heterocycles. The summed E-state index contributed by atoms with van der Waals surface area (Å²) in [7, 11) is 2.81. The van der Waals surface area contributed by atoms with E-state index in [1.54, 1.807) is 0 Å². The quantitative estimate of drug-likeness (QED) is 0.822. The van der Waals surface area contributed by atoms with Gasteiger partial charge in [0.25, 0.3) is 5.91 Å². The average molecular weight is 347 g/mol. The van der Waals surface area contributed by atoms with E-state index in [2.05, 4.69) is 0 Å². The first-order chi connectivity index (χ1) is 11.4. The third kappa shape index (κ3) is 4.53. The summed E-state index contributed by atoms with van der Waals surface area (Å²) in [6.07, 6.45) is -3.73. The van der Waals surface area contributed by atoms with Crippen LogP contribution in [0.4, 0.5) is 13.2 Å². The van der Waals surface area contributed by atoms with Gasteiger partial charge in [-0.25, -0.2) is 0 Å². The number of halogens is 3. The standard InChI is InChI=1S/C16H20F3NO4/c1-22-12-3-4-13(14(9-12)23-2)15(21)20(10-16(17,18)19)11-5-7-24-8-6-11/h3-4,9,11H,5-8,10H2,1-2H3. The zero-order valence-electron chi connectivity index (χ0n) is 13.6. The van der Waals surface area contributed by atoms with E-state index in [9.17, 15) is 18.0 Å². The molecule has 0 radical (unpaired) electrons. The topological polar surface area (TPSA) is 48.0 Å². The number of alkyl halides is 3. The highest BCUT2D eigenvalue weighted by Crippen LogP contribution is 2.29. The fourth-order valence-corrected chi connectivity index (χ4v) is 2.69. The summed E-state index contributed by atoms with van der Waals surface area (Å²) in [4.78, 5) is 13.6. The van der Waals surface area contributed by atoms with E-state index in [4.69, 9.17) is 14.2 Å². The number of hydrogen-bond acceptors (Lipinski definition) is 4. The molecule has 24 heavy (non-hydrogen) atoms. The van der Waals surface area contributed by atoms with Crippen molar-refractivity contribution in [1.82, 2.24) is 4.90 Å². The van der Waals surface area contributed by atoms with E-state index in [1.165, 1.54) is 32.4 Å². The Morgan fingerprint density at radius 3 is 2.46 bits per heavy atom. The molecule has 5 nitrogen and oxygen atoms in total. The van der Waals surface area contributed by atoms with Crippen LogP contribution in [0.25, 0.3) is 0 Å². The minimum absolute atomic E-state index is 0.0778. The van der Waals surface area contributed by atoms with Crippen LogP contribution >= 0.6 is 0 Å². The molecule has 0 spiro atoms. The van der Waals surface area contributed by atoms with Crippen LogP contribution in [0.1, 0.15) is 23.2 Å². The van der Waals surface area contributed by atoms with Crippen LogP contribution in [0.15, 0.2) is 18.2 Å². The summed E-state index contributed by atoms with van der Waals surface area (Å²) < 4.78 is 54.3. The Morgan fingerprint density at radius 2 is 1.92 bits per heavy atom. The Morgan fingerprint density at radius 1 is 1.25 bits per heavy atom. The predicted molar refractivity (Wildman–Crippen MR) is 80.5 cm³/mol. The minimum atomic E-state index is -4.48. The maximum Gasteiger partial charge on any atom is 0.406 e. The van der Waals surface area contributed by atoms with Gasteiger partial charge in [-0.3, -0.25) is 4.79 Å². The van der Waals surface area contributed by atoms with Crippen LogP contribution in [-0.4, -0.2) is 57.0 Å². The van der Waals surface area contributed by atoms with Crippen molar-refractivity contribution in [2.75, 3.05) is 34.0 Å². The molecule has 2 rings (SSSR count). The highest BCUT2D eigenvalue weighted by atomic mass is 19.4. The maximum atomic E-state index is 13.0. The minimum Gasteiger partial charge on any atom is -0.497 e. The van der Waals surface area contributed by atoms with E-state index in [0.717, 1.165) is 4.90 Å². The van der Waals surface area contributed by atoms with Crippen LogP contribution < -0.4 is 9.47 Å². The van der Waals surface area contributed by atoms with Gasteiger partial charge in [0.2, 0.25) is 0 Å². The van der Waals surface area contributed by atoms with Gasteiger partial charge in [0.05, 0.1) is 19.8 Å². The molecular weight excluding hydrogens is 327 g/mol. The van der Waals surface area contributed by atoms with E-state index >= 15 is 0 Å². The molecule has 0 saturated carbocycles. The van der Waals surface area contributed by atoms with Gasteiger partial charge in [-0.1, -0.05) is 0 Å². The van der Waals surface area contributed by atoms with Gasteiger partial charge in [-0.15, -0.1) is 0 Å². The van der Waals surface area contributed by atoms with Crippen molar-refractivity contribution in [3.63, 3.8) is 0 Å². The zero-order chi connectivity index (χ0) is 17.7. The van der Waals surface area contributed by atoms with Crippen LogP contribution in [0.2, 0.25) is 0 Å².